The van der Waals surface area contributed by atoms with Crippen LogP contribution in [0, 0.1) is 0 Å². The smallest absolute Gasteiger partial charge is 0.278 e. The van der Waals surface area contributed by atoms with Crippen LogP contribution in [0.1, 0.15) is 36.4 Å². The molecular weight excluding hydrogens is 625 g/mol. The molecule has 0 spiro atoms. The van der Waals surface area contributed by atoms with Gasteiger partial charge in [-0.25, -0.2) is 14.6 Å². The normalized spacial score (nSPS) is 17.3. The Morgan fingerprint density at radius 1 is 1.02 bits per heavy atom. The van der Waals surface area contributed by atoms with Gasteiger partial charge in [0.05, 0.1) is 40.1 Å². The van der Waals surface area contributed by atoms with Crippen LogP contribution in [-0.2, 0) is 18.3 Å². The summed E-state index contributed by atoms with van der Waals surface area (Å²) in [6.07, 6.45) is 6.45. The molecule has 10 nitrogen and oxygen atoms in total. The highest BCUT2D eigenvalue weighted by Crippen LogP contribution is 2.44. The lowest BCUT2D eigenvalue weighted by Gasteiger charge is -2.20. The van der Waals surface area contributed by atoms with Gasteiger partial charge in [0.25, 0.3) is 5.56 Å². The van der Waals surface area contributed by atoms with E-state index in [1.54, 1.807) is 32.6 Å². The van der Waals surface area contributed by atoms with Crippen LogP contribution in [0.5, 0.6) is 5.88 Å². The van der Waals surface area contributed by atoms with Gasteiger partial charge in [0.15, 0.2) is 0 Å². The Balaban J connectivity index is 1.21. The van der Waals surface area contributed by atoms with Crippen LogP contribution in [-0.4, -0.2) is 45.4 Å². The molecule has 5 aromatic rings. The molecule has 2 aliphatic rings. The molecule has 0 unspecified atom stereocenters. The minimum atomic E-state index is -0.266. The highest BCUT2D eigenvalue weighted by atomic mass is 35.5. The van der Waals surface area contributed by atoms with Crippen molar-refractivity contribution in [2.45, 2.75) is 37.8 Å². The second kappa shape index (κ2) is 12.4. The lowest BCUT2D eigenvalue weighted by atomic mass is 9.99. The van der Waals surface area contributed by atoms with Crippen LogP contribution in [0.25, 0.3) is 33.2 Å². The van der Waals surface area contributed by atoms with E-state index in [2.05, 4.69) is 32.1 Å². The number of amides is 1. The molecule has 2 atom stereocenters. The van der Waals surface area contributed by atoms with Crippen molar-refractivity contribution in [3.63, 3.8) is 0 Å². The maximum Gasteiger partial charge on any atom is 0.278 e. The zero-order chi connectivity index (χ0) is 31.9. The molecule has 46 heavy (non-hydrogen) atoms. The zero-order valence-corrected chi connectivity index (χ0v) is 26.7. The molecule has 234 valence electrons. The van der Waals surface area contributed by atoms with Gasteiger partial charge in [-0.3, -0.25) is 9.59 Å². The third-order valence-electron chi connectivity index (χ3n) is 8.73. The molecule has 4 heterocycles. The minimum Gasteiger partial charge on any atom is -0.481 e. The number of aryl methyl sites for hydroxylation is 2. The summed E-state index contributed by atoms with van der Waals surface area (Å²) in [5.74, 6) is 1.06. The van der Waals surface area contributed by atoms with Crippen LogP contribution < -0.4 is 26.2 Å². The van der Waals surface area contributed by atoms with E-state index in [1.807, 2.05) is 36.4 Å². The van der Waals surface area contributed by atoms with Crippen LogP contribution in [0.15, 0.2) is 65.7 Å². The number of halogens is 2. The Morgan fingerprint density at radius 2 is 1.80 bits per heavy atom. The molecule has 0 saturated carbocycles. The van der Waals surface area contributed by atoms with E-state index in [9.17, 15) is 9.59 Å². The largest absolute Gasteiger partial charge is 0.481 e. The van der Waals surface area contributed by atoms with Crippen LogP contribution in [0.4, 0.5) is 11.5 Å². The van der Waals surface area contributed by atoms with Crippen molar-refractivity contribution in [2.24, 2.45) is 7.05 Å². The first-order valence-corrected chi connectivity index (χ1v) is 15.8. The van der Waals surface area contributed by atoms with E-state index in [-0.39, 0.29) is 23.6 Å². The van der Waals surface area contributed by atoms with Crippen molar-refractivity contribution in [3.8, 4) is 28.3 Å². The van der Waals surface area contributed by atoms with Crippen LogP contribution >= 0.6 is 23.2 Å². The zero-order valence-electron chi connectivity index (χ0n) is 25.2. The summed E-state index contributed by atoms with van der Waals surface area (Å²) >= 11 is 14.1. The monoisotopic (exact) mass is 655 g/mol. The Hall–Kier alpha value is -4.51. The molecule has 1 saturated heterocycles. The predicted octanol–water partition coefficient (Wildman–Crippen LogP) is 5.97. The summed E-state index contributed by atoms with van der Waals surface area (Å²) < 4.78 is 7.08. The van der Waals surface area contributed by atoms with Crippen molar-refractivity contribution >= 4 is 51.4 Å². The fourth-order valence-corrected chi connectivity index (χ4v) is 6.99. The van der Waals surface area contributed by atoms with E-state index < -0.39 is 0 Å². The number of anilines is 2. The fraction of sp³-hybridized carbons (Fsp3) is 0.265. The Morgan fingerprint density at radius 3 is 2.59 bits per heavy atom. The Bertz CT molecular complexity index is 2070. The minimum absolute atomic E-state index is 0.0903. The third kappa shape index (κ3) is 5.46. The van der Waals surface area contributed by atoms with Crippen LogP contribution in [0.2, 0.25) is 10.0 Å². The van der Waals surface area contributed by atoms with Gasteiger partial charge in [-0.2, -0.15) is 5.10 Å². The average Bonchev–Trinajstić information content (AvgIpc) is 3.68. The number of nitrogens with one attached hydrogen (secondary N) is 3. The highest BCUT2D eigenvalue weighted by molar-refractivity contribution is 6.39. The maximum absolute atomic E-state index is 12.9. The molecule has 0 bridgehead atoms. The van der Waals surface area contributed by atoms with Gasteiger partial charge in [-0.05, 0) is 43.0 Å². The quantitative estimate of drug-likeness (QED) is 0.187. The molecule has 1 amide bonds. The summed E-state index contributed by atoms with van der Waals surface area (Å²) in [4.78, 5) is 33.9. The number of nitrogens with zero attached hydrogens (tertiary/aromatic N) is 4. The summed E-state index contributed by atoms with van der Waals surface area (Å²) in [5, 5.41) is 16.0. The standard InChI is InChI=1S/C34H31Cl2N7O3/c1-43-34(45)29-19(16-39-43)13-14-37-32(29)41-25-8-4-6-22(31(25)36)21-5-3-7-23(30(21)35)26-15-18-9-11-24(28(18)33(42-26)46-2)38-17-20-10-12-27(44)40-20/h3-8,13-16,20,24,38H,9-12,17H2,1-2H3,(H,37,41)(H,40,44)/t20-,24-/m0/s1. The number of rotatable bonds is 8. The van der Waals surface area contributed by atoms with Crippen molar-refractivity contribution in [1.29, 1.82) is 0 Å². The van der Waals surface area contributed by atoms with Gasteiger partial charge in [-0.1, -0.05) is 53.5 Å². The van der Waals surface area contributed by atoms with E-state index in [0.717, 1.165) is 41.5 Å². The predicted molar refractivity (Wildman–Crippen MR) is 180 cm³/mol. The molecule has 3 N–H and O–H groups in total. The number of ether oxygens (including phenoxy) is 1. The molecule has 1 fully saturated rings. The SMILES string of the molecule is COc1nc(-c2cccc(-c3cccc(Nc4nccc5cnn(C)c(=O)c45)c3Cl)c2Cl)cc2c1[C@@H](NC[C@@H]1CCC(=O)N1)CC2. The number of aromatic nitrogens is 4. The molecule has 7 rings (SSSR count). The second-order valence-corrected chi connectivity index (χ2v) is 12.3. The number of hydrogen-bond donors (Lipinski definition) is 3. The molecule has 1 aliphatic carbocycles. The lowest BCUT2D eigenvalue weighted by Crippen LogP contribution is -2.36. The summed E-state index contributed by atoms with van der Waals surface area (Å²) in [6, 6.07) is 15.4. The van der Waals surface area contributed by atoms with Crippen molar-refractivity contribution in [2.75, 3.05) is 19.0 Å². The number of hydrogen-bond acceptors (Lipinski definition) is 8. The first kappa shape index (κ1) is 30.2. The Kier molecular flexibility index (Phi) is 8.10. The highest BCUT2D eigenvalue weighted by Gasteiger charge is 2.30. The number of benzene rings is 2. The van der Waals surface area contributed by atoms with E-state index in [0.29, 0.717) is 62.4 Å². The van der Waals surface area contributed by atoms with Crippen molar-refractivity contribution < 1.29 is 9.53 Å². The summed E-state index contributed by atoms with van der Waals surface area (Å²) in [6.45, 7) is 0.702. The second-order valence-electron chi connectivity index (χ2n) is 11.5. The number of fused-ring (bicyclic) bond motifs is 2. The van der Waals surface area contributed by atoms with Gasteiger partial charge in [0, 0.05) is 65.9 Å². The van der Waals surface area contributed by atoms with Crippen LogP contribution in [0.3, 0.4) is 0 Å². The van der Waals surface area contributed by atoms with Gasteiger partial charge < -0.3 is 20.7 Å². The molecular formula is C34H31Cl2N7O3. The van der Waals surface area contributed by atoms with Crippen molar-refractivity contribution in [3.05, 3.63) is 92.5 Å². The van der Waals surface area contributed by atoms with E-state index >= 15 is 0 Å². The number of methoxy groups -OCH3 is 1. The molecule has 12 heteroatoms. The van der Waals surface area contributed by atoms with Gasteiger partial charge in [0.1, 0.15) is 5.82 Å². The molecule has 3 aromatic heterocycles. The van der Waals surface area contributed by atoms with Gasteiger partial charge in [0.2, 0.25) is 11.8 Å². The average molecular weight is 657 g/mol. The number of carbonyl (C=O) groups excluding carboxylic acids is 1. The van der Waals surface area contributed by atoms with E-state index in [1.165, 1.54) is 4.68 Å². The van der Waals surface area contributed by atoms with Crippen molar-refractivity contribution in [1.82, 2.24) is 30.4 Å². The topological polar surface area (TPSA) is 123 Å². The van der Waals surface area contributed by atoms with E-state index in [4.69, 9.17) is 32.9 Å². The number of pyridine rings is 2. The summed E-state index contributed by atoms with van der Waals surface area (Å²) in [7, 11) is 3.23. The summed E-state index contributed by atoms with van der Waals surface area (Å²) in [5.41, 5.74) is 5.43. The fourth-order valence-electron chi connectivity index (χ4n) is 6.39. The molecule has 0 radical (unpaired) electrons. The van der Waals surface area contributed by atoms with Gasteiger partial charge >= 0.3 is 0 Å². The lowest BCUT2D eigenvalue weighted by molar-refractivity contribution is -0.119. The first-order valence-electron chi connectivity index (χ1n) is 15.1. The number of carbonyl (C=O) groups is 1. The van der Waals surface area contributed by atoms with Gasteiger partial charge in [-0.15, -0.1) is 0 Å². The third-order valence-corrected chi connectivity index (χ3v) is 9.54. The maximum atomic E-state index is 12.9. The first-order chi connectivity index (χ1) is 22.3. The molecule has 2 aromatic carbocycles. The Labute approximate surface area is 275 Å². The molecule has 1 aliphatic heterocycles.